The van der Waals surface area contributed by atoms with Crippen molar-refractivity contribution in [2.75, 3.05) is 14.1 Å². The third kappa shape index (κ3) is 3.32. The van der Waals surface area contributed by atoms with Gasteiger partial charge in [0, 0.05) is 19.7 Å². The van der Waals surface area contributed by atoms with Gasteiger partial charge >= 0.3 is 0 Å². The van der Waals surface area contributed by atoms with Crippen LogP contribution in [0.1, 0.15) is 12.0 Å². The highest BCUT2D eigenvalue weighted by Crippen LogP contribution is 1.95. The lowest BCUT2D eigenvalue weighted by Gasteiger charge is -2.05. The molecule has 0 unspecified atom stereocenters. The van der Waals surface area contributed by atoms with Crippen LogP contribution in [0.15, 0.2) is 30.3 Å². The molecule has 0 aliphatic rings. The van der Waals surface area contributed by atoms with Crippen LogP contribution in [0.2, 0.25) is 0 Å². The minimum Gasteiger partial charge on any atom is -0.348 e. The summed E-state index contributed by atoms with van der Waals surface area (Å²) in [7, 11) is 3.46. The summed E-state index contributed by atoms with van der Waals surface area (Å²) in [6.07, 6.45) is 0.280. The maximum Gasteiger partial charge on any atom is 0.234 e. The average molecular weight is 187 g/mol. The van der Waals surface area contributed by atoms with Gasteiger partial charge in [0.2, 0.25) is 5.91 Å². The molecule has 0 atom stereocenters. The minimum atomic E-state index is 0.0356. The number of carbonyl (C=O) groups excluding carboxylic acids is 1. The Labute approximate surface area is 84.5 Å². The van der Waals surface area contributed by atoms with Crippen molar-refractivity contribution < 1.29 is 4.79 Å². The second-order valence-electron chi connectivity index (χ2n) is 3.13. The number of nitrogens with zero attached hydrogens (tertiary/aromatic N) is 1. The number of rotatable bonds is 1. The summed E-state index contributed by atoms with van der Waals surface area (Å²) in [5.41, 5.74) is 0.944. The van der Waals surface area contributed by atoms with Gasteiger partial charge in [-0.1, -0.05) is 30.0 Å². The Kier molecular flexibility index (Phi) is 3.75. The van der Waals surface area contributed by atoms with Crippen molar-refractivity contribution in [3.8, 4) is 11.8 Å². The van der Waals surface area contributed by atoms with Crippen LogP contribution >= 0.6 is 0 Å². The van der Waals surface area contributed by atoms with Crippen LogP contribution in [0.25, 0.3) is 0 Å². The number of carbonyl (C=O) groups is 1. The molecule has 1 amide bonds. The van der Waals surface area contributed by atoms with Gasteiger partial charge in [-0.25, -0.2) is 0 Å². The lowest BCUT2D eigenvalue weighted by Crippen LogP contribution is -2.20. The molecule has 72 valence electrons. The predicted octanol–water partition coefficient (Wildman–Crippen LogP) is 1.52. The van der Waals surface area contributed by atoms with Crippen LogP contribution in [0.4, 0.5) is 0 Å². The largest absolute Gasteiger partial charge is 0.348 e. The zero-order valence-electron chi connectivity index (χ0n) is 8.45. The van der Waals surface area contributed by atoms with Gasteiger partial charge in [-0.15, -0.1) is 0 Å². The summed E-state index contributed by atoms with van der Waals surface area (Å²) < 4.78 is 0. The van der Waals surface area contributed by atoms with E-state index in [9.17, 15) is 4.79 Å². The monoisotopic (exact) mass is 187 g/mol. The first kappa shape index (κ1) is 10.3. The zero-order valence-corrected chi connectivity index (χ0v) is 8.45. The molecule has 14 heavy (non-hydrogen) atoms. The fourth-order valence-corrected chi connectivity index (χ4v) is 0.901. The van der Waals surface area contributed by atoms with E-state index in [4.69, 9.17) is 0 Å². The molecule has 0 heterocycles. The highest BCUT2D eigenvalue weighted by atomic mass is 16.2. The quantitative estimate of drug-likeness (QED) is 0.610. The van der Waals surface area contributed by atoms with Crippen LogP contribution < -0.4 is 0 Å². The van der Waals surface area contributed by atoms with E-state index in [1.807, 2.05) is 30.3 Å². The van der Waals surface area contributed by atoms with Crippen molar-refractivity contribution >= 4 is 5.91 Å². The van der Waals surface area contributed by atoms with Crippen molar-refractivity contribution in [2.45, 2.75) is 6.42 Å². The van der Waals surface area contributed by atoms with Crippen molar-refractivity contribution in [1.29, 1.82) is 0 Å². The Bertz CT molecular complexity index is 357. The maximum atomic E-state index is 11.2. The predicted molar refractivity (Wildman–Crippen MR) is 56.6 cm³/mol. The minimum absolute atomic E-state index is 0.0356. The summed E-state index contributed by atoms with van der Waals surface area (Å²) >= 11 is 0. The fraction of sp³-hybridized carbons (Fsp3) is 0.250. The second kappa shape index (κ2) is 5.08. The van der Waals surface area contributed by atoms with Crippen LogP contribution in [0.3, 0.4) is 0 Å². The highest BCUT2D eigenvalue weighted by Gasteiger charge is 1.98. The van der Waals surface area contributed by atoms with Gasteiger partial charge in [0.1, 0.15) is 0 Å². The summed E-state index contributed by atoms with van der Waals surface area (Å²) in [6.45, 7) is 0. The topological polar surface area (TPSA) is 20.3 Å². The standard InChI is InChI=1S/C12H13NO/c1-13(2)12(14)10-6-9-11-7-4-3-5-8-11/h3-5,7-8H,10H2,1-2H3. The first-order valence-electron chi connectivity index (χ1n) is 4.44. The van der Waals surface area contributed by atoms with Crippen molar-refractivity contribution in [3.05, 3.63) is 35.9 Å². The van der Waals surface area contributed by atoms with E-state index in [0.717, 1.165) is 5.56 Å². The summed E-state index contributed by atoms with van der Waals surface area (Å²) in [4.78, 5) is 12.7. The fourth-order valence-electron chi connectivity index (χ4n) is 0.901. The zero-order chi connectivity index (χ0) is 10.4. The summed E-state index contributed by atoms with van der Waals surface area (Å²) in [5, 5.41) is 0. The molecule has 0 N–H and O–H groups in total. The smallest absolute Gasteiger partial charge is 0.234 e. The maximum absolute atomic E-state index is 11.2. The van der Waals surface area contributed by atoms with Gasteiger partial charge < -0.3 is 4.90 Å². The molecule has 1 aromatic rings. The third-order valence-corrected chi connectivity index (χ3v) is 1.74. The van der Waals surface area contributed by atoms with Crippen LogP contribution in [-0.4, -0.2) is 24.9 Å². The normalized spacial score (nSPS) is 8.71. The van der Waals surface area contributed by atoms with E-state index in [-0.39, 0.29) is 12.3 Å². The lowest BCUT2D eigenvalue weighted by atomic mass is 10.2. The number of hydrogen-bond donors (Lipinski definition) is 0. The Morgan fingerprint density at radius 2 is 1.93 bits per heavy atom. The van der Waals surface area contributed by atoms with Gasteiger partial charge in [-0.05, 0) is 12.1 Å². The number of amides is 1. The number of hydrogen-bond acceptors (Lipinski definition) is 1. The van der Waals surface area contributed by atoms with Crippen LogP contribution in [0, 0.1) is 11.8 Å². The summed E-state index contributed by atoms with van der Waals surface area (Å²) in [6, 6.07) is 9.64. The Balaban J connectivity index is 2.54. The SMILES string of the molecule is CN(C)C(=O)CC#Cc1ccccc1. The van der Waals surface area contributed by atoms with E-state index in [0.29, 0.717) is 0 Å². The molecule has 1 aromatic carbocycles. The van der Waals surface area contributed by atoms with Crippen LogP contribution in [-0.2, 0) is 4.79 Å². The highest BCUT2D eigenvalue weighted by molar-refractivity contribution is 5.78. The molecule has 0 saturated heterocycles. The van der Waals surface area contributed by atoms with E-state index in [1.165, 1.54) is 0 Å². The van der Waals surface area contributed by atoms with Gasteiger partial charge in [0.05, 0.1) is 6.42 Å². The molecule has 0 aliphatic heterocycles. The van der Waals surface area contributed by atoms with E-state index in [2.05, 4.69) is 11.8 Å². The van der Waals surface area contributed by atoms with Gasteiger partial charge in [-0.2, -0.15) is 0 Å². The molecule has 0 fully saturated rings. The van der Waals surface area contributed by atoms with Gasteiger partial charge in [-0.3, -0.25) is 4.79 Å². The number of benzene rings is 1. The molecule has 1 rings (SSSR count). The van der Waals surface area contributed by atoms with Gasteiger partial charge in [0.25, 0.3) is 0 Å². The molecular formula is C12H13NO. The third-order valence-electron chi connectivity index (χ3n) is 1.74. The van der Waals surface area contributed by atoms with Gasteiger partial charge in [0.15, 0.2) is 0 Å². The Hall–Kier alpha value is -1.75. The Morgan fingerprint density at radius 3 is 2.50 bits per heavy atom. The second-order valence-corrected chi connectivity index (χ2v) is 3.13. The Morgan fingerprint density at radius 1 is 1.29 bits per heavy atom. The van der Waals surface area contributed by atoms with Crippen LogP contribution in [0.5, 0.6) is 0 Å². The van der Waals surface area contributed by atoms with Crippen molar-refractivity contribution in [2.24, 2.45) is 0 Å². The van der Waals surface area contributed by atoms with Crippen molar-refractivity contribution in [1.82, 2.24) is 4.90 Å². The van der Waals surface area contributed by atoms with E-state index < -0.39 is 0 Å². The van der Waals surface area contributed by atoms with E-state index in [1.54, 1.807) is 19.0 Å². The lowest BCUT2D eigenvalue weighted by molar-refractivity contribution is -0.127. The van der Waals surface area contributed by atoms with E-state index >= 15 is 0 Å². The molecule has 2 nitrogen and oxygen atoms in total. The summed E-state index contributed by atoms with van der Waals surface area (Å²) in [5.74, 6) is 5.81. The molecule has 0 spiro atoms. The molecule has 0 bridgehead atoms. The van der Waals surface area contributed by atoms with Crippen molar-refractivity contribution in [3.63, 3.8) is 0 Å². The molecule has 0 saturated carbocycles. The average Bonchev–Trinajstić information content (AvgIpc) is 2.19. The molecular weight excluding hydrogens is 174 g/mol. The first-order valence-corrected chi connectivity index (χ1v) is 4.44. The molecule has 2 heteroatoms. The molecule has 0 aromatic heterocycles. The first-order chi connectivity index (χ1) is 6.70. The molecule has 0 radical (unpaired) electrons. The molecule has 0 aliphatic carbocycles.